The van der Waals surface area contributed by atoms with Crippen molar-refractivity contribution in [1.82, 2.24) is 18.7 Å². The molecular weight excluding hydrogens is 312 g/mol. The number of ether oxygens (including phenoxy) is 1. The Morgan fingerprint density at radius 1 is 1.38 bits per heavy atom. The van der Waals surface area contributed by atoms with Crippen molar-refractivity contribution in [1.29, 1.82) is 0 Å². The van der Waals surface area contributed by atoms with Crippen LogP contribution >= 0.6 is 0 Å². The fourth-order valence-electron chi connectivity index (χ4n) is 2.32. The molecule has 0 spiro atoms. The predicted octanol–water partition coefficient (Wildman–Crippen LogP) is 0.832. The lowest BCUT2D eigenvalue weighted by atomic mass is 10.0. The molecule has 0 radical (unpaired) electrons. The van der Waals surface area contributed by atoms with E-state index >= 15 is 0 Å². The van der Waals surface area contributed by atoms with Crippen molar-refractivity contribution in [3.8, 4) is 0 Å². The van der Waals surface area contributed by atoms with Gasteiger partial charge in [-0.2, -0.15) is 0 Å². The molecule has 2 aromatic heterocycles. The number of imidazole rings is 1. The average Bonchev–Trinajstić information content (AvgIpc) is 3.05. The lowest BCUT2D eigenvalue weighted by Gasteiger charge is -2.16. The van der Waals surface area contributed by atoms with Crippen LogP contribution in [0.1, 0.15) is 52.2 Å². The van der Waals surface area contributed by atoms with Gasteiger partial charge in [0, 0.05) is 32.5 Å². The Hall–Kier alpha value is -1.93. The minimum atomic E-state index is -3.19. The largest absolute Gasteiger partial charge is 0.390 e. The quantitative estimate of drug-likeness (QED) is 0.714. The van der Waals surface area contributed by atoms with E-state index in [4.69, 9.17) is 17.1 Å². The maximum atomic E-state index is 13.0. The summed E-state index contributed by atoms with van der Waals surface area (Å²) in [7, 11) is 0. The van der Waals surface area contributed by atoms with Crippen LogP contribution in [0.15, 0.2) is 15.9 Å². The van der Waals surface area contributed by atoms with E-state index in [0.29, 0.717) is 15.7 Å². The van der Waals surface area contributed by atoms with Crippen molar-refractivity contribution >= 4 is 11.2 Å². The second kappa shape index (κ2) is 7.31. The zero-order valence-electron chi connectivity index (χ0n) is 22.3. The molecule has 0 saturated carbocycles. The number of unbranched alkanes of at least 4 members (excludes halogenated alkanes) is 1. The maximum Gasteiger partial charge on any atom is 0.332 e. The molecule has 134 valence electrons. The molecule has 0 aliphatic heterocycles. The molecule has 24 heavy (non-hydrogen) atoms. The Morgan fingerprint density at radius 2 is 2.17 bits per heavy atom. The fourth-order valence-corrected chi connectivity index (χ4v) is 2.32. The molecule has 0 amide bonds. The number of nitrogens with zero attached hydrogens (tertiary/aromatic N) is 4. The summed E-state index contributed by atoms with van der Waals surface area (Å²) < 4.78 is 75.0. The third-order valence-corrected chi connectivity index (χ3v) is 3.50. The molecule has 0 aromatic carbocycles. The van der Waals surface area contributed by atoms with E-state index in [2.05, 4.69) is 4.98 Å². The van der Waals surface area contributed by atoms with Crippen molar-refractivity contribution < 1.29 is 22.2 Å². The van der Waals surface area contributed by atoms with Gasteiger partial charge in [0.25, 0.3) is 5.56 Å². The van der Waals surface area contributed by atoms with Crippen LogP contribution in [0.3, 0.4) is 0 Å². The topological polar surface area (TPSA) is 91.3 Å². The number of hydrogen-bond acceptors (Lipinski definition) is 5. The van der Waals surface area contributed by atoms with Gasteiger partial charge in [-0.25, -0.2) is 9.78 Å². The first-order chi connectivity index (χ1) is 15.0. The Kier molecular flexibility index (Phi) is 2.90. The molecule has 2 aromatic rings. The summed E-state index contributed by atoms with van der Waals surface area (Å²) in [6.07, 6.45) is 0.298. The van der Waals surface area contributed by atoms with Crippen molar-refractivity contribution in [3.63, 3.8) is 0 Å². The molecule has 8 nitrogen and oxygen atoms in total. The van der Waals surface area contributed by atoms with Gasteiger partial charge >= 0.3 is 5.69 Å². The summed E-state index contributed by atoms with van der Waals surface area (Å²) in [6.45, 7) is -7.73. The maximum absolute atomic E-state index is 13.0. The molecule has 0 unspecified atom stereocenters. The molecule has 1 N–H and O–H groups in total. The summed E-state index contributed by atoms with van der Waals surface area (Å²) in [5.41, 5.74) is -5.43. The van der Waals surface area contributed by atoms with Crippen molar-refractivity contribution in [2.24, 2.45) is 6.98 Å². The van der Waals surface area contributed by atoms with Crippen LogP contribution in [0.5, 0.6) is 0 Å². The Morgan fingerprint density at radius 3 is 2.83 bits per heavy atom. The van der Waals surface area contributed by atoms with Gasteiger partial charge in [-0.1, -0.05) is 0 Å². The fraction of sp³-hybridized carbons (Fsp3) is 0.688. The van der Waals surface area contributed by atoms with Crippen LogP contribution in [0.25, 0.3) is 11.2 Å². The van der Waals surface area contributed by atoms with Crippen molar-refractivity contribution in [2.75, 3.05) is 6.61 Å². The van der Waals surface area contributed by atoms with Gasteiger partial charge in [0.1, 0.15) is 6.73 Å². The molecule has 2 rings (SSSR count). The monoisotopic (exact) mass is 347 g/mol. The van der Waals surface area contributed by atoms with Gasteiger partial charge < -0.3 is 14.4 Å². The van der Waals surface area contributed by atoms with Crippen LogP contribution in [0.4, 0.5) is 0 Å². The first kappa shape index (κ1) is 9.53. The van der Waals surface area contributed by atoms with E-state index in [1.165, 1.54) is 10.9 Å². The highest BCUT2D eigenvalue weighted by molar-refractivity contribution is 5.69. The summed E-state index contributed by atoms with van der Waals surface area (Å²) >= 11 is 0. The average molecular weight is 347 g/mol. The molecule has 0 atom stereocenters. The van der Waals surface area contributed by atoms with Gasteiger partial charge in [0.2, 0.25) is 0 Å². The normalized spacial score (nSPS) is 19.3. The van der Waals surface area contributed by atoms with Gasteiger partial charge in [0.15, 0.2) is 11.2 Å². The Balaban J connectivity index is 2.43. The molecule has 2 heterocycles. The first-order valence-electron chi connectivity index (χ1n) is 12.0. The van der Waals surface area contributed by atoms with Crippen LogP contribution in [-0.4, -0.2) is 36.0 Å². The lowest BCUT2D eigenvalue weighted by molar-refractivity contribution is 0.0678. The Bertz CT molecular complexity index is 1080. The molecule has 8 heteroatoms. The number of aliphatic hydroxyl groups is 1. The SMILES string of the molecule is [2H]C([2H])([2H])n1c(=O)n(CCCCC(O)(C([2H])([2H])[2H])C([2H])([2H])[2H])c(=O)c2c1ncn2COCC. The molecule has 0 saturated heterocycles. The van der Waals surface area contributed by atoms with Crippen LogP contribution in [0, 0.1) is 0 Å². The number of hydrogen-bond donors (Lipinski definition) is 1. The lowest BCUT2D eigenvalue weighted by Crippen LogP contribution is -2.39. The molecule has 0 aliphatic rings. The highest BCUT2D eigenvalue weighted by atomic mass is 16.5. The number of rotatable bonds is 8. The third-order valence-electron chi connectivity index (χ3n) is 3.50. The zero-order valence-corrected chi connectivity index (χ0v) is 13.3. The van der Waals surface area contributed by atoms with Gasteiger partial charge in [0.05, 0.1) is 11.9 Å². The number of fused-ring (bicyclic) bond motifs is 1. The van der Waals surface area contributed by atoms with Gasteiger partial charge in [-0.05, 0) is 39.9 Å². The van der Waals surface area contributed by atoms with E-state index in [1.54, 1.807) is 6.92 Å². The van der Waals surface area contributed by atoms with E-state index in [-0.39, 0.29) is 37.3 Å². The summed E-state index contributed by atoms with van der Waals surface area (Å²) in [5.74, 6) is 0. The molecular formula is C16H26N4O4. The van der Waals surface area contributed by atoms with E-state index in [9.17, 15) is 14.7 Å². The number of aryl methyl sites for hydroxylation is 1. The molecule has 0 aliphatic carbocycles. The van der Waals surface area contributed by atoms with Crippen LogP contribution in [0.2, 0.25) is 0 Å². The van der Waals surface area contributed by atoms with Crippen LogP contribution < -0.4 is 11.2 Å². The van der Waals surface area contributed by atoms with E-state index in [0.717, 1.165) is 0 Å². The third kappa shape index (κ3) is 3.93. The smallest absolute Gasteiger partial charge is 0.332 e. The standard InChI is InChI=1S/C16H26N4O4/c1-5-24-11-19-10-17-13-12(19)14(21)20(15(22)18(13)4)9-7-6-8-16(2,3)23/h10,23H,5-9,11H2,1-4H3/i2D3,3D3,4D3. The second-order valence-corrected chi connectivity index (χ2v) is 5.40. The molecule has 0 bridgehead atoms. The van der Waals surface area contributed by atoms with Crippen molar-refractivity contribution in [2.45, 2.75) is 58.8 Å². The van der Waals surface area contributed by atoms with E-state index in [1.807, 2.05) is 0 Å². The Labute approximate surface area is 153 Å². The number of aromatic nitrogens is 4. The first-order valence-corrected chi connectivity index (χ1v) is 7.48. The van der Waals surface area contributed by atoms with E-state index < -0.39 is 44.0 Å². The summed E-state index contributed by atoms with van der Waals surface area (Å²) in [5, 5.41) is 10.3. The molecule has 0 fully saturated rings. The van der Waals surface area contributed by atoms with Gasteiger partial charge in [-0.3, -0.25) is 13.9 Å². The zero-order chi connectivity index (χ0) is 25.4. The summed E-state index contributed by atoms with van der Waals surface area (Å²) in [6, 6.07) is 0. The minimum absolute atomic E-state index is 0.0737. The second-order valence-electron chi connectivity index (χ2n) is 5.40. The highest BCUT2D eigenvalue weighted by Gasteiger charge is 2.16. The minimum Gasteiger partial charge on any atom is -0.390 e. The van der Waals surface area contributed by atoms with Crippen molar-refractivity contribution in [3.05, 3.63) is 27.2 Å². The predicted molar refractivity (Wildman–Crippen MR) is 91.0 cm³/mol. The van der Waals surface area contributed by atoms with Gasteiger partial charge in [-0.15, -0.1) is 0 Å². The highest BCUT2D eigenvalue weighted by Crippen LogP contribution is 2.12. The van der Waals surface area contributed by atoms with Crippen LogP contribution in [-0.2, 0) is 25.0 Å². The summed E-state index contributed by atoms with van der Waals surface area (Å²) in [4.78, 5) is 29.7.